The zero-order valence-electron chi connectivity index (χ0n) is 12.3. The summed E-state index contributed by atoms with van der Waals surface area (Å²) >= 11 is 0.456. The van der Waals surface area contributed by atoms with Gasteiger partial charge in [0.25, 0.3) is 5.91 Å². The number of hydrogen-bond acceptors (Lipinski definition) is 6. The van der Waals surface area contributed by atoms with Crippen molar-refractivity contribution in [2.75, 3.05) is 29.9 Å². The molecule has 0 saturated carbocycles. The smallest absolute Gasteiger partial charge is 0.445 e. The van der Waals surface area contributed by atoms with Gasteiger partial charge in [-0.15, -0.1) is 10.2 Å². The van der Waals surface area contributed by atoms with Gasteiger partial charge in [0.1, 0.15) is 5.75 Å². The van der Waals surface area contributed by atoms with E-state index in [0.29, 0.717) is 42.3 Å². The van der Waals surface area contributed by atoms with Crippen LogP contribution in [-0.2, 0) is 11.0 Å². The molecule has 0 saturated heterocycles. The first-order valence-electron chi connectivity index (χ1n) is 7.12. The van der Waals surface area contributed by atoms with E-state index < -0.39 is 11.2 Å². The predicted molar refractivity (Wildman–Crippen MR) is 82.3 cm³/mol. The molecule has 6 nitrogen and oxygen atoms in total. The van der Waals surface area contributed by atoms with Crippen LogP contribution in [0.2, 0.25) is 0 Å². The maximum absolute atomic E-state index is 12.4. The van der Waals surface area contributed by atoms with Crippen LogP contribution in [0.3, 0.4) is 0 Å². The van der Waals surface area contributed by atoms with E-state index in [4.69, 9.17) is 4.74 Å². The molecule has 2 aromatic rings. The number of amides is 1. The summed E-state index contributed by atoms with van der Waals surface area (Å²) in [5, 5.41) is 8.47. The van der Waals surface area contributed by atoms with E-state index in [9.17, 15) is 18.0 Å². The molecule has 1 aromatic carbocycles. The van der Waals surface area contributed by atoms with Crippen molar-refractivity contribution >= 4 is 28.1 Å². The number of rotatable bonds is 5. The summed E-state index contributed by atoms with van der Waals surface area (Å²) < 4.78 is 42.7. The fourth-order valence-electron chi connectivity index (χ4n) is 2.24. The Labute approximate surface area is 139 Å². The molecular formula is C14H13F3N4O2S. The number of carbonyl (C=O) groups is 1. The van der Waals surface area contributed by atoms with Crippen LogP contribution in [0.4, 0.5) is 24.0 Å². The van der Waals surface area contributed by atoms with Gasteiger partial charge < -0.3 is 15.0 Å². The lowest BCUT2D eigenvalue weighted by atomic mass is 10.2. The first-order chi connectivity index (χ1) is 11.4. The van der Waals surface area contributed by atoms with Gasteiger partial charge in [-0.3, -0.25) is 4.79 Å². The molecule has 0 radical (unpaired) electrons. The third-order valence-electron chi connectivity index (χ3n) is 3.31. The van der Waals surface area contributed by atoms with Crippen LogP contribution in [0.25, 0.3) is 0 Å². The molecule has 1 amide bonds. The third-order valence-corrected chi connectivity index (χ3v) is 4.24. The number of nitrogens with zero attached hydrogens (tertiary/aromatic N) is 3. The molecule has 24 heavy (non-hydrogen) atoms. The third kappa shape index (κ3) is 3.58. The van der Waals surface area contributed by atoms with Crippen molar-refractivity contribution in [3.63, 3.8) is 0 Å². The molecule has 0 unspecified atom stereocenters. The van der Waals surface area contributed by atoms with Crippen molar-refractivity contribution in [2.45, 2.75) is 12.6 Å². The SMILES string of the molecule is O=C1COc2ccccc2N1CCCNc1nnc(C(F)(F)F)s1. The maximum atomic E-state index is 12.4. The molecule has 0 spiro atoms. The standard InChI is InChI=1S/C14H13F3N4O2S/c15-14(16,17)12-19-20-13(24-12)18-6-3-7-21-9-4-1-2-5-10(9)23-8-11(21)22/h1-2,4-5H,3,6-8H2,(H,18,20). The molecule has 1 aliphatic heterocycles. The van der Waals surface area contributed by atoms with Crippen molar-refractivity contribution < 1.29 is 22.7 Å². The van der Waals surface area contributed by atoms with Gasteiger partial charge in [-0.1, -0.05) is 23.5 Å². The van der Waals surface area contributed by atoms with Gasteiger partial charge in [-0.05, 0) is 18.6 Å². The first kappa shape index (κ1) is 16.5. The zero-order valence-corrected chi connectivity index (χ0v) is 13.2. The number of para-hydroxylation sites is 2. The molecule has 0 fully saturated rings. The van der Waals surface area contributed by atoms with Crippen LogP contribution in [0.5, 0.6) is 5.75 Å². The zero-order chi connectivity index (χ0) is 17.2. The first-order valence-corrected chi connectivity index (χ1v) is 7.93. The normalized spacial score (nSPS) is 14.3. The number of hydrogen-bond donors (Lipinski definition) is 1. The van der Waals surface area contributed by atoms with Crippen molar-refractivity contribution in [3.05, 3.63) is 29.3 Å². The van der Waals surface area contributed by atoms with E-state index in [0.717, 1.165) is 0 Å². The molecule has 1 N–H and O–H groups in total. The highest BCUT2D eigenvalue weighted by Crippen LogP contribution is 2.33. The van der Waals surface area contributed by atoms with Gasteiger partial charge in [0, 0.05) is 13.1 Å². The number of benzene rings is 1. The van der Waals surface area contributed by atoms with E-state index in [1.807, 2.05) is 12.1 Å². The van der Waals surface area contributed by atoms with Gasteiger partial charge in [-0.2, -0.15) is 13.2 Å². The molecule has 0 atom stereocenters. The summed E-state index contributed by atoms with van der Waals surface area (Å²) in [6, 6.07) is 7.21. The summed E-state index contributed by atoms with van der Waals surface area (Å²) in [6.07, 6.45) is -3.94. The highest BCUT2D eigenvalue weighted by molar-refractivity contribution is 7.15. The van der Waals surface area contributed by atoms with Gasteiger partial charge in [0.15, 0.2) is 6.61 Å². The largest absolute Gasteiger partial charge is 0.482 e. The van der Waals surface area contributed by atoms with Gasteiger partial charge in [-0.25, -0.2) is 0 Å². The number of fused-ring (bicyclic) bond motifs is 1. The Hall–Kier alpha value is -2.36. The lowest BCUT2D eigenvalue weighted by Crippen LogP contribution is -2.39. The number of aromatic nitrogens is 2. The minimum atomic E-state index is -4.48. The van der Waals surface area contributed by atoms with Gasteiger partial charge >= 0.3 is 6.18 Å². The Balaban J connectivity index is 1.54. The second kappa shape index (κ2) is 6.63. The number of anilines is 2. The molecule has 0 aliphatic carbocycles. The van der Waals surface area contributed by atoms with E-state index in [1.165, 1.54) is 0 Å². The Bertz CT molecular complexity index is 735. The molecule has 3 rings (SSSR count). The molecule has 128 valence electrons. The number of ether oxygens (including phenoxy) is 1. The highest BCUT2D eigenvalue weighted by atomic mass is 32.1. The molecule has 1 aromatic heterocycles. The fraction of sp³-hybridized carbons (Fsp3) is 0.357. The van der Waals surface area contributed by atoms with E-state index in [2.05, 4.69) is 15.5 Å². The minimum Gasteiger partial charge on any atom is -0.482 e. The topological polar surface area (TPSA) is 67.3 Å². The van der Waals surface area contributed by atoms with E-state index >= 15 is 0 Å². The van der Waals surface area contributed by atoms with Crippen molar-refractivity contribution in [1.82, 2.24) is 10.2 Å². The Morgan fingerprint density at radius 3 is 2.83 bits per heavy atom. The van der Waals surface area contributed by atoms with Crippen LogP contribution in [-0.4, -0.2) is 35.8 Å². The molecule has 0 bridgehead atoms. The molecule has 10 heteroatoms. The number of carbonyl (C=O) groups excluding carboxylic acids is 1. The van der Waals surface area contributed by atoms with Crippen LogP contribution in [0.15, 0.2) is 24.3 Å². The number of nitrogens with one attached hydrogen (secondary N) is 1. The summed E-state index contributed by atoms with van der Waals surface area (Å²) in [4.78, 5) is 13.6. The lowest BCUT2D eigenvalue weighted by molar-refractivity contribution is -0.138. The average Bonchev–Trinajstić information content (AvgIpc) is 3.02. The van der Waals surface area contributed by atoms with Crippen LogP contribution in [0.1, 0.15) is 11.4 Å². The van der Waals surface area contributed by atoms with E-state index in [-0.39, 0.29) is 17.6 Å². The fourth-order valence-corrected chi connectivity index (χ4v) is 2.88. The van der Waals surface area contributed by atoms with Gasteiger partial charge in [0.2, 0.25) is 10.1 Å². The molecule has 1 aliphatic rings. The lowest BCUT2D eigenvalue weighted by Gasteiger charge is -2.29. The number of halogens is 3. The highest BCUT2D eigenvalue weighted by Gasteiger charge is 2.35. The number of alkyl halides is 3. The summed E-state index contributed by atoms with van der Waals surface area (Å²) in [6.45, 7) is 0.784. The second-order valence-corrected chi connectivity index (χ2v) is 5.97. The Morgan fingerprint density at radius 2 is 2.08 bits per heavy atom. The monoisotopic (exact) mass is 358 g/mol. The quantitative estimate of drug-likeness (QED) is 0.833. The second-order valence-electron chi connectivity index (χ2n) is 4.99. The van der Waals surface area contributed by atoms with Crippen LogP contribution < -0.4 is 15.0 Å². The van der Waals surface area contributed by atoms with Crippen molar-refractivity contribution in [1.29, 1.82) is 0 Å². The van der Waals surface area contributed by atoms with Gasteiger partial charge in [0.05, 0.1) is 5.69 Å². The molecular weight excluding hydrogens is 345 g/mol. The summed E-state index contributed by atoms with van der Waals surface area (Å²) in [5.74, 6) is 0.493. The maximum Gasteiger partial charge on any atom is 0.445 e. The average molecular weight is 358 g/mol. The summed E-state index contributed by atoms with van der Waals surface area (Å²) in [5.41, 5.74) is 0.698. The van der Waals surface area contributed by atoms with Crippen LogP contribution >= 0.6 is 11.3 Å². The van der Waals surface area contributed by atoms with Crippen molar-refractivity contribution in [3.8, 4) is 5.75 Å². The Morgan fingerprint density at radius 1 is 1.29 bits per heavy atom. The minimum absolute atomic E-state index is 0.0181. The Kier molecular flexibility index (Phi) is 4.56. The van der Waals surface area contributed by atoms with Crippen molar-refractivity contribution in [2.24, 2.45) is 0 Å². The van der Waals surface area contributed by atoms with E-state index in [1.54, 1.807) is 17.0 Å². The summed E-state index contributed by atoms with van der Waals surface area (Å²) in [7, 11) is 0. The predicted octanol–water partition coefficient (Wildman–Crippen LogP) is 2.78. The molecule has 2 heterocycles. The van der Waals surface area contributed by atoms with Crippen LogP contribution in [0, 0.1) is 0 Å².